The molecule has 1 amide bonds. The average Bonchev–Trinajstić information content (AvgIpc) is 2.54. The molecule has 2 aromatic rings. The molecule has 0 spiro atoms. The number of carbonyl (C=O) groups is 1. The van der Waals surface area contributed by atoms with E-state index in [1.54, 1.807) is 6.92 Å². The summed E-state index contributed by atoms with van der Waals surface area (Å²) in [6.07, 6.45) is 1.14. The largest absolute Gasteiger partial charge is 0.388 e. The standard InChI is InChI=1S/C18H19F2NO2/c1-18(23,10-9-13-5-3-2-4-6-13)12-21-17(22)14-7-8-15(19)16(20)11-14/h2-8,11,23H,9-10,12H2,1H3,(H,21,22). The van der Waals surface area contributed by atoms with Crippen LogP contribution in [-0.4, -0.2) is 23.2 Å². The fourth-order valence-corrected chi connectivity index (χ4v) is 2.16. The maximum atomic E-state index is 13.1. The van der Waals surface area contributed by atoms with E-state index in [2.05, 4.69) is 5.32 Å². The summed E-state index contributed by atoms with van der Waals surface area (Å²) in [6.45, 7) is 1.65. The number of benzene rings is 2. The number of aryl methyl sites for hydroxylation is 1. The van der Waals surface area contributed by atoms with Crippen molar-refractivity contribution >= 4 is 5.91 Å². The zero-order valence-corrected chi connectivity index (χ0v) is 12.9. The highest BCUT2D eigenvalue weighted by Gasteiger charge is 2.21. The van der Waals surface area contributed by atoms with E-state index in [4.69, 9.17) is 0 Å². The second-order valence-corrected chi connectivity index (χ2v) is 5.79. The van der Waals surface area contributed by atoms with E-state index in [0.717, 1.165) is 17.7 Å². The van der Waals surface area contributed by atoms with Gasteiger partial charge in [-0.1, -0.05) is 30.3 Å². The minimum atomic E-state index is -1.09. The number of hydrogen-bond donors (Lipinski definition) is 2. The molecule has 122 valence electrons. The molecular formula is C18H19F2NO2. The van der Waals surface area contributed by atoms with Gasteiger partial charge in [-0.15, -0.1) is 0 Å². The third-order valence-electron chi connectivity index (χ3n) is 3.61. The van der Waals surface area contributed by atoms with Gasteiger partial charge in [0.05, 0.1) is 5.60 Å². The van der Waals surface area contributed by atoms with E-state index in [9.17, 15) is 18.7 Å². The summed E-state index contributed by atoms with van der Waals surface area (Å²) in [5.41, 5.74) is 0.0202. The number of rotatable bonds is 6. The van der Waals surface area contributed by atoms with Gasteiger partial charge < -0.3 is 10.4 Å². The van der Waals surface area contributed by atoms with Gasteiger partial charge in [-0.05, 0) is 43.5 Å². The zero-order chi connectivity index (χ0) is 16.9. The van der Waals surface area contributed by atoms with Gasteiger partial charge in [-0.25, -0.2) is 8.78 Å². The predicted molar refractivity (Wildman–Crippen MR) is 84.1 cm³/mol. The van der Waals surface area contributed by atoms with Crippen LogP contribution in [0.2, 0.25) is 0 Å². The second-order valence-electron chi connectivity index (χ2n) is 5.79. The highest BCUT2D eigenvalue weighted by molar-refractivity contribution is 5.94. The number of amides is 1. The lowest BCUT2D eigenvalue weighted by atomic mass is 9.96. The first-order valence-electron chi connectivity index (χ1n) is 7.37. The summed E-state index contributed by atoms with van der Waals surface area (Å²) in [5, 5.41) is 12.9. The van der Waals surface area contributed by atoms with Gasteiger partial charge >= 0.3 is 0 Å². The molecule has 0 aliphatic heterocycles. The van der Waals surface area contributed by atoms with Crippen LogP contribution in [0.15, 0.2) is 48.5 Å². The average molecular weight is 319 g/mol. The van der Waals surface area contributed by atoms with Gasteiger partial charge in [0.15, 0.2) is 11.6 Å². The summed E-state index contributed by atoms with van der Waals surface area (Å²) < 4.78 is 26.0. The van der Waals surface area contributed by atoms with Gasteiger partial charge in [0.2, 0.25) is 0 Å². The maximum Gasteiger partial charge on any atom is 0.251 e. The molecule has 5 heteroatoms. The van der Waals surface area contributed by atoms with Crippen molar-refractivity contribution in [1.29, 1.82) is 0 Å². The Kier molecular flexibility index (Phi) is 5.45. The Hall–Kier alpha value is -2.27. The summed E-state index contributed by atoms with van der Waals surface area (Å²) in [5.74, 6) is -2.63. The van der Waals surface area contributed by atoms with E-state index in [0.29, 0.717) is 12.8 Å². The van der Waals surface area contributed by atoms with Crippen molar-refractivity contribution < 1.29 is 18.7 Å². The summed E-state index contributed by atoms with van der Waals surface area (Å²) in [7, 11) is 0. The quantitative estimate of drug-likeness (QED) is 0.860. The summed E-state index contributed by atoms with van der Waals surface area (Å²) in [4.78, 5) is 11.9. The van der Waals surface area contributed by atoms with Crippen molar-refractivity contribution in [2.75, 3.05) is 6.54 Å². The van der Waals surface area contributed by atoms with E-state index in [1.807, 2.05) is 30.3 Å². The van der Waals surface area contributed by atoms with Crippen LogP contribution in [0.5, 0.6) is 0 Å². The van der Waals surface area contributed by atoms with E-state index in [-0.39, 0.29) is 12.1 Å². The normalized spacial score (nSPS) is 13.4. The van der Waals surface area contributed by atoms with Gasteiger partial charge in [0, 0.05) is 12.1 Å². The van der Waals surface area contributed by atoms with Crippen molar-refractivity contribution in [1.82, 2.24) is 5.32 Å². The molecule has 2 rings (SSSR count). The number of halogens is 2. The Balaban J connectivity index is 1.87. The second kappa shape index (κ2) is 7.33. The van der Waals surface area contributed by atoms with Crippen LogP contribution in [0.3, 0.4) is 0 Å². The van der Waals surface area contributed by atoms with Gasteiger partial charge in [0.25, 0.3) is 5.91 Å². The van der Waals surface area contributed by atoms with E-state index in [1.165, 1.54) is 6.07 Å². The number of aliphatic hydroxyl groups is 1. The molecule has 0 bridgehead atoms. The van der Waals surface area contributed by atoms with Crippen LogP contribution in [0.4, 0.5) is 8.78 Å². The SMILES string of the molecule is CC(O)(CCc1ccccc1)CNC(=O)c1ccc(F)c(F)c1. The molecule has 0 fully saturated rings. The van der Waals surface area contributed by atoms with E-state index >= 15 is 0 Å². The monoisotopic (exact) mass is 319 g/mol. The molecule has 0 radical (unpaired) electrons. The Bertz CT molecular complexity index is 672. The molecule has 0 aliphatic rings. The fraction of sp³-hybridized carbons (Fsp3) is 0.278. The minimum Gasteiger partial charge on any atom is -0.388 e. The number of hydrogen-bond acceptors (Lipinski definition) is 2. The van der Waals surface area contributed by atoms with Crippen LogP contribution >= 0.6 is 0 Å². The highest BCUT2D eigenvalue weighted by atomic mass is 19.2. The van der Waals surface area contributed by atoms with Gasteiger partial charge in [-0.2, -0.15) is 0 Å². The van der Waals surface area contributed by atoms with Crippen molar-refractivity contribution in [3.8, 4) is 0 Å². The van der Waals surface area contributed by atoms with Crippen LogP contribution in [0.25, 0.3) is 0 Å². The lowest BCUT2D eigenvalue weighted by molar-refractivity contribution is 0.0478. The van der Waals surface area contributed by atoms with Crippen LogP contribution in [-0.2, 0) is 6.42 Å². The first kappa shape index (κ1) is 17.1. The minimum absolute atomic E-state index is 0.0164. The third-order valence-corrected chi connectivity index (χ3v) is 3.61. The maximum absolute atomic E-state index is 13.1. The molecule has 0 heterocycles. The zero-order valence-electron chi connectivity index (χ0n) is 12.9. The first-order chi connectivity index (χ1) is 10.9. The Morgan fingerprint density at radius 2 is 1.83 bits per heavy atom. The van der Waals surface area contributed by atoms with Crippen molar-refractivity contribution in [3.63, 3.8) is 0 Å². The molecule has 0 aliphatic carbocycles. The Labute approximate surface area is 134 Å². The fourth-order valence-electron chi connectivity index (χ4n) is 2.16. The van der Waals surface area contributed by atoms with Crippen LogP contribution < -0.4 is 5.32 Å². The van der Waals surface area contributed by atoms with Crippen molar-refractivity contribution in [3.05, 3.63) is 71.3 Å². The Morgan fingerprint density at radius 1 is 1.13 bits per heavy atom. The van der Waals surface area contributed by atoms with Crippen LogP contribution in [0, 0.1) is 11.6 Å². The van der Waals surface area contributed by atoms with Crippen molar-refractivity contribution in [2.24, 2.45) is 0 Å². The molecule has 0 saturated heterocycles. The predicted octanol–water partition coefficient (Wildman–Crippen LogP) is 3.08. The van der Waals surface area contributed by atoms with Gasteiger partial charge in [0.1, 0.15) is 0 Å². The molecular weight excluding hydrogens is 300 g/mol. The lowest BCUT2D eigenvalue weighted by Crippen LogP contribution is -2.41. The number of carbonyl (C=O) groups excluding carboxylic acids is 1. The molecule has 23 heavy (non-hydrogen) atoms. The molecule has 1 unspecified atom stereocenters. The third kappa shape index (κ3) is 5.14. The molecule has 3 nitrogen and oxygen atoms in total. The summed E-state index contributed by atoms with van der Waals surface area (Å²) in [6, 6.07) is 12.6. The molecule has 2 N–H and O–H groups in total. The van der Waals surface area contributed by atoms with Gasteiger partial charge in [-0.3, -0.25) is 4.79 Å². The topological polar surface area (TPSA) is 49.3 Å². The summed E-state index contributed by atoms with van der Waals surface area (Å²) >= 11 is 0. The molecule has 0 aromatic heterocycles. The molecule has 0 saturated carbocycles. The van der Waals surface area contributed by atoms with E-state index < -0.39 is 23.1 Å². The highest BCUT2D eigenvalue weighted by Crippen LogP contribution is 2.14. The van der Waals surface area contributed by atoms with Crippen LogP contribution in [0.1, 0.15) is 29.3 Å². The molecule has 2 aromatic carbocycles. The van der Waals surface area contributed by atoms with Crippen molar-refractivity contribution in [2.45, 2.75) is 25.4 Å². The molecule has 1 atom stereocenters. The first-order valence-corrected chi connectivity index (χ1v) is 7.37. The number of nitrogens with one attached hydrogen (secondary N) is 1. The lowest BCUT2D eigenvalue weighted by Gasteiger charge is -2.23. The smallest absolute Gasteiger partial charge is 0.251 e. The Morgan fingerprint density at radius 3 is 2.48 bits per heavy atom.